The van der Waals surface area contributed by atoms with Crippen LogP contribution in [0.1, 0.15) is 22.5 Å². The SMILES string of the molecule is O=C(c1c(C(F)F)[nH]n(-c2ccccc2)c1=O)C(F)F. The number of Topliss-reactive ketones (excluding diaryl/α,β-unsaturated/α-hetero) is 1. The molecule has 2 rings (SSSR count). The fourth-order valence-corrected chi connectivity index (χ4v) is 1.72. The Morgan fingerprint density at radius 2 is 1.70 bits per heavy atom. The Bertz CT molecular complexity index is 677. The Hall–Kier alpha value is -2.38. The van der Waals surface area contributed by atoms with Gasteiger partial charge in [-0.2, -0.15) is 0 Å². The summed E-state index contributed by atoms with van der Waals surface area (Å²) in [5.41, 5.74) is -3.38. The Morgan fingerprint density at radius 3 is 2.20 bits per heavy atom. The van der Waals surface area contributed by atoms with Crippen molar-refractivity contribution in [2.24, 2.45) is 0 Å². The number of H-pyrrole nitrogens is 1. The maximum atomic E-state index is 12.8. The van der Waals surface area contributed by atoms with Crippen LogP contribution in [-0.4, -0.2) is 22.0 Å². The van der Waals surface area contributed by atoms with Crippen molar-refractivity contribution < 1.29 is 22.4 Å². The first-order valence-corrected chi connectivity index (χ1v) is 5.44. The van der Waals surface area contributed by atoms with E-state index in [0.717, 1.165) is 0 Å². The largest absolute Gasteiger partial charge is 0.300 e. The van der Waals surface area contributed by atoms with Crippen LogP contribution in [0.25, 0.3) is 5.69 Å². The molecule has 0 saturated heterocycles. The van der Waals surface area contributed by atoms with Crippen LogP contribution < -0.4 is 5.56 Å². The molecule has 1 aromatic heterocycles. The molecule has 20 heavy (non-hydrogen) atoms. The number of ketones is 1. The molecule has 0 amide bonds. The second-order valence-corrected chi connectivity index (χ2v) is 3.84. The van der Waals surface area contributed by atoms with E-state index in [9.17, 15) is 27.2 Å². The Balaban J connectivity index is 2.67. The molecule has 1 aromatic carbocycles. The maximum Gasteiger partial charge on any atom is 0.300 e. The van der Waals surface area contributed by atoms with Gasteiger partial charge in [0.1, 0.15) is 11.3 Å². The molecule has 0 aliphatic carbocycles. The number of para-hydroxylation sites is 1. The van der Waals surface area contributed by atoms with Crippen LogP contribution in [0, 0.1) is 0 Å². The van der Waals surface area contributed by atoms with Crippen molar-refractivity contribution in [2.75, 3.05) is 0 Å². The van der Waals surface area contributed by atoms with Gasteiger partial charge < -0.3 is 0 Å². The van der Waals surface area contributed by atoms with E-state index < -0.39 is 35.5 Å². The third kappa shape index (κ3) is 2.36. The number of aromatic amines is 1. The summed E-state index contributed by atoms with van der Waals surface area (Å²) in [5, 5.41) is 2.00. The Labute approximate surface area is 109 Å². The first-order valence-electron chi connectivity index (χ1n) is 5.44. The third-order valence-electron chi connectivity index (χ3n) is 2.60. The molecule has 0 fully saturated rings. The number of halogens is 4. The fourth-order valence-electron chi connectivity index (χ4n) is 1.72. The van der Waals surface area contributed by atoms with E-state index in [1.165, 1.54) is 24.3 Å². The van der Waals surface area contributed by atoms with E-state index in [-0.39, 0.29) is 5.69 Å². The maximum absolute atomic E-state index is 12.8. The van der Waals surface area contributed by atoms with Crippen LogP contribution in [0.15, 0.2) is 35.1 Å². The highest BCUT2D eigenvalue weighted by molar-refractivity contribution is 5.99. The zero-order valence-electron chi connectivity index (χ0n) is 9.82. The minimum atomic E-state index is -3.53. The molecule has 0 aliphatic rings. The lowest BCUT2D eigenvalue weighted by atomic mass is 10.1. The molecule has 0 bridgehead atoms. The number of carbonyl (C=O) groups is 1. The van der Waals surface area contributed by atoms with Crippen LogP contribution >= 0.6 is 0 Å². The quantitative estimate of drug-likeness (QED) is 0.694. The van der Waals surface area contributed by atoms with Gasteiger partial charge in [0.05, 0.1) is 5.69 Å². The smallest absolute Gasteiger partial charge is 0.289 e. The average Bonchev–Trinajstić information content (AvgIpc) is 2.76. The number of hydrogen-bond acceptors (Lipinski definition) is 2. The van der Waals surface area contributed by atoms with Crippen molar-refractivity contribution in [3.8, 4) is 5.69 Å². The molecule has 0 aliphatic heterocycles. The molecule has 2 aromatic rings. The number of aromatic nitrogens is 2. The van der Waals surface area contributed by atoms with E-state index in [1.807, 2.05) is 5.10 Å². The lowest BCUT2D eigenvalue weighted by Crippen LogP contribution is -2.24. The van der Waals surface area contributed by atoms with Gasteiger partial charge in [-0.3, -0.25) is 14.7 Å². The summed E-state index contributed by atoms with van der Waals surface area (Å²) in [6.07, 6.45) is -6.77. The molecule has 0 spiro atoms. The number of nitrogens with zero attached hydrogens (tertiary/aromatic N) is 1. The lowest BCUT2D eigenvalue weighted by Gasteiger charge is -2.00. The molecule has 106 valence electrons. The van der Waals surface area contributed by atoms with Gasteiger partial charge >= 0.3 is 6.43 Å². The van der Waals surface area contributed by atoms with Gasteiger partial charge in [0, 0.05) is 0 Å². The van der Waals surface area contributed by atoms with Gasteiger partial charge in [0.25, 0.3) is 12.0 Å². The van der Waals surface area contributed by atoms with E-state index in [0.29, 0.717) is 4.68 Å². The summed E-state index contributed by atoms with van der Waals surface area (Å²) in [6, 6.07) is 7.49. The van der Waals surface area contributed by atoms with Crippen molar-refractivity contribution in [1.82, 2.24) is 9.78 Å². The number of nitrogens with one attached hydrogen (secondary N) is 1. The number of rotatable bonds is 4. The second-order valence-electron chi connectivity index (χ2n) is 3.84. The minimum absolute atomic E-state index is 0.160. The predicted molar refractivity (Wildman–Crippen MR) is 61.7 cm³/mol. The highest BCUT2D eigenvalue weighted by Gasteiger charge is 2.31. The highest BCUT2D eigenvalue weighted by Crippen LogP contribution is 2.21. The number of hydrogen-bond donors (Lipinski definition) is 1. The predicted octanol–water partition coefficient (Wildman–Crippen LogP) is 2.55. The average molecular weight is 288 g/mol. The van der Waals surface area contributed by atoms with Gasteiger partial charge in [0.2, 0.25) is 5.78 Å². The van der Waals surface area contributed by atoms with E-state index in [2.05, 4.69) is 0 Å². The summed E-state index contributed by atoms with van der Waals surface area (Å²) in [7, 11) is 0. The van der Waals surface area contributed by atoms with Crippen LogP contribution in [0.4, 0.5) is 17.6 Å². The normalized spacial score (nSPS) is 11.3. The molecule has 0 radical (unpaired) electrons. The molecule has 0 atom stereocenters. The van der Waals surface area contributed by atoms with Gasteiger partial charge in [-0.15, -0.1) is 0 Å². The zero-order chi connectivity index (χ0) is 14.9. The molecule has 1 N–H and O–H groups in total. The molecule has 4 nitrogen and oxygen atoms in total. The number of carbonyl (C=O) groups excluding carboxylic acids is 1. The summed E-state index contributed by atoms with van der Waals surface area (Å²) in [5.74, 6) is -1.92. The first-order chi connectivity index (χ1) is 9.43. The fraction of sp³-hybridized carbons (Fsp3) is 0.167. The monoisotopic (exact) mass is 288 g/mol. The van der Waals surface area contributed by atoms with Crippen LogP contribution in [0.2, 0.25) is 0 Å². The van der Waals surface area contributed by atoms with Crippen LogP contribution in [-0.2, 0) is 0 Å². The molecule has 1 heterocycles. The topological polar surface area (TPSA) is 54.9 Å². The minimum Gasteiger partial charge on any atom is -0.289 e. The van der Waals surface area contributed by atoms with Crippen molar-refractivity contribution in [1.29, 1.82) is 0 Å². The van der Waals surface area contributed by atoms with E-state index in [4.69, 9.17) is 0 Å². The molecule has 0 saturated carbocycles. The van der Waals surface area contributed by atoms with Gasteiger partial charge in [-0.05, 0) is 12.1 Å². The van der Waals surface area contributed by atoms with E-state index >= 15 is 0 Å². The van der Waals surface area contributed by atoms with Crippen molar-refractivity contribution in [2.45, 2.75) is 12.9 Å². The second kappa shape index (κ2) is 5.32. The Morgan fingerprint density at radius 1 is 1.10 bits per heavy atom. The van der Waals surface area contributed by atoms with Crippen molar-refractivity contribution >= 4 is 5.78 Å². The lowest BCUT2D eigenvalue weighted by molar-refractivity contribution is 0.0667. The standard InChI is InChI=1S/C12H8F4N2O2/c13-10(14)8-7(9(19)11(15)16)12(20)18(17-8)6-4-2-1-3-5-6/h1-5,10-11,17H. The van der Waals surface area contributed by atoms with Crippen molar-refractivity contribution in [3.05, 3.63) is 51.9 Å². The Kier molecular flexibility index (Phi) is 3.73. The molecular formula is C12H8F4N2O2. The van der Waals surface area contributed by atoms with Gasteiger partial charge in [-0.25, -0.2) is 22.2 Å². The first kappa shape index (κ1) is 14.0. The number of benzene rings is 1. The molecule has 0 unspecified atom stereocenters. The van der Waals surface area contributed by atoms with Gasteiger partial charge in [0.15, 0.2) is 0 Å². The number of alkyl halides is 4. The van der Waals surface area contributed by atoms with Gasteiger partial charge in [-0.1, -0.05) is 18.2 Å². The third-order valence-corrected chi connectivity index (χ3v) is 2.60. The highest BCUT2D eigenvalue weighted by atomic mass is 19.3. The molecular weight excluding hydrogens is 280 g/mol. The summed E-state index contributed by atoms with van der Waals surface area (Å²) in [4.78, 5) is 23.1. The zero-order valence-corrected chi connectivity index (χ0v) is 9.82. The molecule has 8 heteroatoms. The summed E-state index contributed by atoms with van der Waals surface area (Å²) < 4.78 is 51.0. The van der Waals surface area contributed by atoms with Crippen molar-refractivity contribution in [3.63, 3.8) is 0 Å². The van der Waals surface area contributed by atoms with Crippen LogP contribution in [0.5, 0.6) is 0 Å². The summed E-state index contributed by atoms with van der Waals surface area (Å²) in [6.45, 7) is 0. The van der Waals surface area contributed by atoms with Crippen LogP contribution in [0.3, 0.4) is 0 Å². The summed E-state index contributed by atoms with van der Waals surface area (Å²) >= 11 is 0. The van der Waals surface area contributed by atoms with E-state index in [1.54, 1.807) is 6.07 Å².